The maximum absolute atomic E-state index is 13.8. The van der Waals surface area contributed by atoms with Gasteiger partial charge in [-0.05, 0) is 24.9 Å². The molecule has 1 saturated heterocycles. The zero-order chi connectivity index (χ0) is 16.4. The number of likely N-dealkylation sites (N-methyl/N-ethyl adjacent to an activating group) is 1. The number of rotatable bonds is 5. The summed E-state index contributed by atoms with van der Waals surface area (Å²) in [5.41, 5.74) is 0.803. The molecule has 0 radical (unpaired) electrons. The van der Waals surface area contributed by atoms with Crippen molar-refractivity contribution in [3.63, 3.8) is 0 Å². The predicted octanol–water partition coefficient (Wildman–Crippen LogP) is 1.52. The van der Waals surface area contributed by atoms with E-state index in [9.17, 15) is 9.18 Å². The van der Waals surface area contributed by atoms with Crippen molar-refractivity contribution in [2.24, 2.45) is 0 Å². The summed E-state index contributed by atoms with van der Waals surface area (Å²) < 4.78 is 22.8. The highest BCUT2D eigenvalue weighted by Crippen LogP contribution is 2.24. The van der Waals surface area contributed by atoms with Crippen molar-refractivity contribution in [3.8, 4) is 0 Å². The summed E-state index contributed by atoms with van der Waals surface area (Å²) in [6.45, 7) is 3.14. The number of halogens is 1. The lowest BCUT2D eigenvalue weighted by atomic mass is 10.2. The lowest BCUT2D eigenvalue weighted by molar-refractivity contribution is 0.0750. The Morgan fingerprint density at radius 2 is 2.43 bits per heavy atom. The molecule has 0 N–H and O–H groups in total. The minimum absolute atomic E-state index is 0.0507. The standard InChI is InChI=1S/C14H18FN5O2S/c1-9-3-12(22-17-9)8-20-6-10(15)4-11(20)7-19(2)14(21)13-5-16-18-23-13/h3,5,10-11H,4,6-8H2,1-2H3/t10-,11-/m0/s1. The normalized spacial score (nSPS) is 21.7. The first-order valence-corrected chi connectivity index (χ1v) is 8.13. The Bertz CT molecular complexity index is 662. The van der Waals surface area contributed by atoms with Crippen molar-refractivity contribution in [2.75, 3.05) is 20.1 Å². The van der Waals surface area contributed by atoms with E-state index in [1.54, 1.807) is 11.9 Å². The molecule has 9 heteroatoms. The minimum Gasteiger partial charge on any atom is -0.360 e. The molecule has 2 aromatic heterocycles. The Labute approximate surface area is 137 Å². The average molecular weight is 339 g/mol. The number of likely N-dealkylation sites (tertiary alicyclic amines) is 1. The first-order chi connectivity index (χ1) is 11.0. The molecule has 124 valence electrons. The third kappa shape index (κ3) is 3.73. The Kier molecular flexibility index (Phi) is 4.67. The summed E-state index contributed by atoms with van der Waals surface area (Å²) in [4.78, 5) is 16.3. The average Bonchev–Trinajstić information content (AvgIpc) is 3.22. The molecule has 1 aliphatic heterocycles. The molecule has 1 amide bonds. The summed E-state index contributed by atoms with van der Waals surface area (Å²) in [5.74, 6) is 0.569. The predicted molar refractivity (Wildman–Crippen MR) is 81.8 cm³/mol. The van der Waals surface area contributed by atoms with Crippen molar-refractivity contribution in [1.82, 2.24) is 24.5 Å². The fourth-order valence-corrected chi connectivity index (χ4v) is 3.36. The Morgan fingerprint density at radius 1 is 1.61 bits per heavy atom. The van der Waals surface area contributed by atoms with Gasteiger partial charge in [-0.25, -0.2) is 4.39 Å². The number of aryl methyl sites for hydroxylation is 1. The smallest absolute Gasteiger partial charge is 0.267 e. The van der Waals surface area contributed by atoms with Crippen LogP contribution in [-0.2, 0) is 6.54 Å². The van der Waals surface area contributed by atoms with Gasteiger partial charge in [0.1, 0.15) is 11.0 Å². The van der Waals surface area contributed by atoms with E-state index >= 15 is 0 Å². The fraction of sp³-hybridized carbons (Fsp3) is 0.571. The molecule has 0 saturated carbocycles. The van der Waals surface area contributed by atoms with E-state index in [2.05, 4.69) is 14.7 Å². The van der Waals surface area contributed by atoms with E-state index in [0.717, 1.165) is 17.2 Å². The van der Waals surface area contributed by atoms with Crippen molar-refractivity contribution < 1.29 is 13.7 Å². The van der Waals surface area contributed by atoms with Crippen LogP contribution in [0.25, 0.3) is 0 Å². The van der Waals surface area contributed by atoms with Gasteiger partial charge in [-0.3, -0.25) is 9.69 Å². The molecule has 1 aliphatic rings. The van der Waals surface area contributed by atoms with Crippen LogP contribution in [0.15, 0.2) is 16.8 Å². The molecule has 0 spiro atoms. The zero-order valence-corrected chi connectivity index (χ0v) is 13.8. The maximum Gasteiger partial charge on any atom is 0.267 e. The lowest BCUT2D eigenvalue weighted by Gasteiger charge is -2.27. The number of alkyl halides is 1. The SMILES string of the molecule is Cc1cc(CN2C[C@@H](F)C[C@H]2CN(C)C(=O)c2cnns2)on1. The lowest BCUT2D eigenvalue weighted by Crippen LogP contribution is -2.40. The highest BCUT2D eigenvalue weighted by molar-refractivity contribution is 7.07. The van der Waals surface area contributed by atoms with E-state index < -0.39 is 6.17 Å². The molecule has 23 heavy (non-hydrogen) atoms. The van der Waals surface area contributed by atoms with Gasteiger partial charge in [-0.15, -0.1) is 5.10 Å². The summed E-state index contributed by atoms with van der Waals surface area (Å²) in [5, 5.41) is 7.53. The zero-order valence-electron chi connectivity index (χ0n) is 13.0. The van der Waals surface area contributed by atoms with Crippen molar-refractivity contribution in [2.45, 2.75) is 32.1 Å². The van der Waals surface area contributed by atoms with Crippen molar-refractivity contribution >= 4 is 17.4 Å². The quantitative estimate of drug-likeness (QED) is 0.822. The molecular weight excluding hydrogens is 321 g/mol. The molecule has 7 nitrogen and oxygen atoms in total. The second kappa shape index (κ2) is 6.71. The van der Waals surface area contributed by atoms with Crippen LogP contribution in [0.2, 0.25) is 0 Å². The van der Waals surface area contributed by atoms with Gasteiger partial charge in [-0.2, -0.15) is 0 Å². The highest BCUT2D eigenvalue weighted by Gasteiger charge is 2.34. The highest BCUT2D eigenvalue weighted by atomic mass is 32.1. The number of aromatic nitrogens is 3. The summed E-state index contributed by atoms with van der Waals surface area (Å²) in [6, 6.07) is 1.80. The molecule has 0 aromatic carbocycles. The Hall–Kier alpha value is -1.87. The fourth-order valence-electron chi connectivity index (χ4n) is 2.85. The third-order valence-electron chi connectivity index (χ3n) is 3.92. The van der Waals surface area contributed by atoms with Gasteiger partial charge < -0.3 is 9.42 Å². The molecule has 2 atom stereocenters. The number of amides is 1. The summed E-state index contributed by atoms with van der Waals surface area (Å²) in [6.07, 6.45) is 0.967. The van der Waals surface area contributed by atoms with Gasteiger partial charge in [0, 0.05) is 32.2 Å². The molecule has 3 rings (SSSR count). The first kappa shape index (κ1) is 16.0. The van der Waals surface area contributed by atoms with Gasteiger partial charge >= 0.3 is 0 Å². The van der Waals surface area contributed by atoms with Crippen LogP contribution in [0.4, 0.5) is 4.39 Å². The molecule has 0 unspecified atom stereocenters. The number of carbonyl (C=O) groups is 1. The van der Waals surface area contributed by atoms with E-state index in [1.807, 2.05) is 17.9 Å². The van der Waals surface area contributed by atoms with Gasteiger partial charge in [0.15, 0.2) is 5.76 Å². The van der Waals surface area contributed by atoms with Crippen LogP contribution >= 0.6 is 11.5 Å². The number of carbonyl (C=O) groups excluding carboxylic acids is 1. The molecule has 0 aliphatic carbocycles. The Balaban J connectivity index is 1.63. The molecule has 0 bridgehead atoms. The molecule has 1 fully saturated rings. The largest absolute Gasteiger partial charge is 0.360 e. The van der Waals surface area contributed by atoms with Crippen LogP contribution in [0.1, 0.15) is 27.5 Å². The van der Waals surface area contributed by atoms with Gasteiger partial charge in [0.2, 0.25) is 0 Å². The second-order valence-electron chi connectivity index (χ2n) is 5.82. The summed E-state index contributed by atoms with van der Waals surface area (Å²) >= 11 is 1.06. The molecular formula is C14H18FN5O2S. The van der Waals surface area contributed by atoms with E-state index in [-0.39, 0.29) is 11.9 Å². The second-order valence-corrected chi connectivity index (χ2v) is 6.60. The van der Waals surface area contributed by atoms with Gasteiger partial charge in [0.25, 0.3) is 5.91 Å². The van der Waals surface area contributed by atoms with Gasteiger partial charge in [0.05, 0.1) is 18.4 Å². The number of hydrogen-bond acceptors (Lipinski definition) is 7. The van der Waals surface area contributed by atoms with E-state index in [0.29, 0.717) is 36.7 Å². The maximum atomic E-state index is 13.8. The monoisotopic (exact) mass is 339 g/mol. The first-order valence-electron chi connectivity index (χ1n) is 7.36. The van der Waals surface area contributed by atoms with E-state index in [4.69, 9.17) is 4.52 Å². The third-order valence-corrected chi connectivity index (χ3v) is 4.57. The number of hydrogen-bond donors (Lipinski definition) is 0. The van der Waals surface area contributed by atoms with Crippen LogP contribution in [0, 0.1) is 6.92 Å². The van der Waals surface area contributed by atoms with Crippen LogP contribution in [0.5, 0.6) is 0 Å². The van der Waals surface area contributed by atoms with E-state index in [1.165, 1.54) is 6.20 Å². The van der Waals surface area contributed by atoms with Crippen LogP contribution in [0.3, 0.4) is 0 Å². The summed E-state index contributed by atoms with van der Waals surface area (Å²) in [7, 11) is 1.71. The molecule has 2 aromatic rings. The van der Waals surface area contributed by atoms with Crippen molar-refractivity contribution in [1.29, 1.82) is 0 Å². The number of nitrogens with zero attached hydrogens (tertiary/aromatic N) is 5. The van der Waals surface area contributed by atoms with Gasteiger partial charge in [-0.1, -0.05) is 9.64 Å². The van der Waals surface area contributed by atoms with Crippen molar-refractivity contribution in [3.05, 3.63) is 28.6 Å². The Morgan fingerprint density at radius 3 is 3.09 bits per heavy atom. The van der Waals surface area contributed by atoms with Crippen LogP contribution in [-0.4, -0.2) is 62.8 Å². The molecule has 3 heterocycles. The van der Waals surface area contributed by atoms with Crippen LogP contribution < -0.4 is 0 Å². The minimum atomic E-state index is -0.891. The topological polar surface area (TPSA) is 75.4 Å².